The van der Waals surface area contributed by atoms with Crippen molar-refractivity contribution in [1.82, 2.24) is 0 Å². The van der Waals surface area contributed by atoms with Crippen molar-refractivity contribution in [3.05, 3.63) is 12.2 Å². The van der Waals surface area contributed by atoms with E-state index in [4.69, 9.17) is 23.7 Å². The molecule has 0 aromatic heterocycles. The van der Waals surface area contributed by atoms with Crippen LogP contribution in [0.5, 0.6) is 0 Å². The van der Waals surface area contributed by atoms with E-state index in [9.17, 15) is 9.90 Å². The summed E-state index contributed by atoms with van der Waals surface area (Å²) in [5, 5.41) is 10.2. The smallest absolute Gasteiger partial charge is 0.330 e. The van der Waals surface area contributed by atoms with E-state index in [0.717, 1.165) is 0 Å². The van der Waals surface area contributed by atoms with Crippen molar-refractivity contribution in [2.75, 3.05) is 27.9 Å². The summed E-state index contributed by atoms with van der Waals surface area (Å²) >= 11 is 0. The van der Waals surface area contributed by atoms with Gasteiger partial charge < -0.3 is 28.8 Å². The molecule has 0 saturated carbocycles. The van der Waals surface area contributed by atoms with E-state index < -0.39 is 36.7 Å². The van der Waals surface area contributed by atoms with Crippen molar-refractivity contribution in [3.63, 3.8) is 0 Å². The first kappa shape index (κ1) is 17.1. The van der Waals surface area contributed by atoms with Crippen LogP contribution in [0.2, 0.25) is 0 Å². The quantitative estimate of drug-likeness (QED) is 0.539. The SMILES string of the molecule is C/C=C/C(=O)O[C@@H]1[C@H](O)[C@@H](OC)O[C@H](COC)[C@H]1OC. The maximum atomic E-state index is 11.6. The third kappa shape index (κ3) is 4.00. The lowest BCUT2D eigenvalue weighted by atomic mass is 9.98. The normalized spacial score (nSPS) is 34.4. The van der Waals surface area contributed by atoms with Gasteiger partial charge in [0.15, 0.2) is 12.4 Å². The molecule has 0 amide bonds. The molecule has 0 aromatic rings. The van der Waals surface area contributed by atoms with Gasteiger partial charge in [0.1, 0.15) is 18.3 Å². The highest BCUT2D eigenvalue weighted by Gasteiger charge is 2.48. The van der Waals surface area contributed by atoms with Crippen LogP contribution in [0.15, 0.2) is 12.2 Å². The molecule has 1 aliphatic heterocycles. The van der Waals surface area contributed by atoms with Gasteiger partial charge in [0, 0.05) is 27.4 Å². The number of hydrogen-bond acceptors (Lipinski definition) is 7. The van der Waals surface area contributed by atoms with Crippen molar-refractivity contribution >= 4 is 5.97 Å². The fraction of sp³-hybridized carbons (Fsp3) is 0.769. The molecule has 7 heteroatoms. The van der Waals surface area contributed by atoms with Crippen LogP contribution in [0.3, 0.4) is 0 Å². The third-order valence-electron chi connectivity index (χ3n) is 3.00. The molecule has 1 saturated heterocycles. The number of carbonyl (C=O) groups excluding carboxylic acids is 1. The first-order chi connectivity index (χ1) is 9.58. The minimum absolute atomic E-state index is 0.225. The molecule has 1 aliphatic rings. The van der Waals surface area contributed by atoms with Gasteiger partial charge in [-0.1, -0.05) is 6.08 Å². The van der Waals surface area contributed by atoms with E-state index in [1.807, 2.05) is 0 Å². The molecule has 1 fully saturated rings. The molecule has 1 heterocycles. The number of carbonyl (C=O) groups is 1. The maximum Gasteiger partial charge on any atom is 0.330 e. The summed E-state index contributed by atoms with van der Waals surface area (Å²) < 4.78 is 26.2. The molecule has 0 aromatic carbocycles. The highest BCUT2D eigenvalue weighted by Crippen LogP contribution is 2.26. The summed E-state index contributed by atoms with van der Waals surface area (Å²) in [6, 6.07) is 0. The first-order valence-corrected chi connectivity index (χ1v) is 6.30. The predicted octanol–water partition coefficient (Wildman–Crippen LogP) is -0.132. The highest BCUT2D eigenvalue weighted by atomic mass is 16.7. The minimum atomic E-state index is -1.15. The van der Waals surface area contributed by atoms with Crippen molar-refractivity contribution in [2.45, 2.75) is 37.6 Å². The monoisotopic (exact) mass is 290 g/mol. The number of aliphatic hydroxyl groups is 1. The van der Waals surface area contributed by atoms with Gasteiger partial charge in [0.05, 0.1) is 6.61 Å². The summed E-state index contributed by atoms with van der Waals surface area (Å²) in [6.45, 7) is 1.92. The van der Waals surface area contributed by atoms with Crippen LogP contribution in [0.4, 0.5) is 0 Å². The Kier molecular flexibility index (Phi) is 7.11. The number of ether oxygens (including phenoxy) is 5. The van der Waals surface area contributed by atoms with E-state index in [1.54, 1.807) is 13.0 Å². The van der Waals surface area contributed by atoms with Gasteiger partial charge in [-0.25, -0.2) is 4.79 Å². The zero-order valence-electron chi connectivity index (χ0n) is 12.1. The van der Waals surface area contributed by atoms with Crippen molar-refractivity contribution in [2.24, 2.45) is 0 Å². The molecular weight excluding hydrogens is 268 g/mol. The molecule has 116 valence electrons. The molecule has 0 radical (unpaired) electrons. The molecule has 0 bridgehead atoms. The molecule has 1 rings (SSSR count). The second kappa shape index (κ2) is 8.33. The topological polar surface area (TPSA) is 83.5 Å². The standard InChI is InChI=1S/C13H22O7/c1-5-6-9(14)20-12-10(15)13(18-4)19-8(7-16-2)11(12)17-3/h5-6,8,10-13,15H,7H2,1-4H3/b6-5+/t8-,10+,11-,12-,13+/m1/s1. The van der Waals surface area contributed by atoms with E-state index >= 15 is 0 Å². The Balaban J connectivity index is 2.89. The molecule has 0 aliphatic carbocycles. The summed E-state index contributed by atoms with van der Waals surface area (Å²) in [4.78, 5) is 11.6. The van der Waals surface area contributed by atoms with Gasteiger partial charge in [-0.15, -0.1) is 0 Å². The Morgan fingerprint density at radius 3 is 2.45 bits per heavy atom. The van der Waals surface area contributed by atoms with Crippen LogP contribution in [0, 0.1) is 0 Å². The number of rotatable bonds is 6. The van der Waals surface area contributed by atoms with E-state index in [2.05, 4.69) is 0 Å². The molecule has 1 N–H and O–H groups in total. The van der Waals surface area contributed by atoms with Gasteiger partial charge in [-0.2, -0.15) is 0 Å². The number of aliphatic hydroxyl groups excluding tert-OH is 1. The van der Waals surface area contributed by atoms with Gasteiger partial charge in [0.2, 0.25) is 0 Å². The lowest BCUT2D eigenvalue weighted by Gasteiger charge is -2.42. The maximum absolute atomic E-state index is 11.6. The zero-order chi connectivity index (χ0) is 15.1. The first-order valence-electron chi connectivity index (χ1n) is 6.30. The lowest BCUT2D eigenvalue weighted by molar-refractivity contribution is -0.300. The molecular formula is C13H22O7. The number of allylic oxidation sites excluding steroid dienone is 1. The Bertz CT molecular complexity index is 331. The minimum Gasteiger partial charge on any atom is -0.453 e. The molecule has 20 heavy (non-hydrogen) atoms. The van der Waals surface area contributed by atoms with Crippen LogP contribution >= 0.6 is 0 Å². The third-order valence-corrected chi connectivity index (χ3v) is 3.00. The summed E-state index contributed by atoms with van der Waals surface area (Å²) in [7, 11) is 4.37. The summed E-state index contributed by atoms with van der Waals surface area (Å²) in [5.74, 6) is -0.563. The second-order valence-corrected chi connectivity index (χ2v) is 4.33. The van der Waals surface area contributed by atoms with E-state index in [1.165, 1.54) is 27.4 Å². The largest absolute Gasteiger partial charge is 0.453 e. The van der Waals surface area contributed by atoms with Crippen LogP contribution in [-0.2, 0) is 28.5 Å². The van der Waals surface area contributed by atoms with Crippen LogP contribution in [-0.4, -0.2) is 69.7 Å². The summed E-state index contributed by atoms with van der Waals surface area (Å²) in [6.07, 6.45) is -1.30. The number of methoxy groups -OCH3 is 3. The Morgan fingerprint density at radius 1 is 1.25 bits per heavy atom. The van der Waals surface area contributed by atoms with Gasteiger partial charge >= 0.3 is 5.97 Å². The Morgan fingerprint density at radius 2 is 1.95 bits per heavy atom. The van der Waals surface area contributed by atoms with Gasteiger partial charge in [-0.05, 0) is 6.92 Å². The van der Waals surface area contributed by atoms with Crippen LogP contribution < -0.4 is 0 Å². The van der Waals surface area contributed by atoms with Crippen molar-refractivity contribution in [1.29, 1.82) is 0 Å². The van der Waals surface area contributed by atoms with E-state index in [0.29, 0.717) is 0 Å². The lowest BCUT2D eigenvalue weighted by Crippen LogP contribution is -2.61. The molecule has 5 atom stereocenters. The van der Waals surface area contributed by atoms with Gasteiger partial charge in [-0.3, -0.25) is 0 Å². The Hall–Kier alpha value is -0.990. The predicted molar refractivity (Wildman–Crippen MR) is 69.0 cm³/mol. The van der Waals surface area contributed by atoms with Gasteiger partial charge in [0.25, 0.3) is 0 Å². The van der Waals surface area contributed by atoms with Crippen molar-refractivity contribution in [3.8, 4) is 0 Å². The average molecular weight is 290 g/mol. The number of esters is 1. The average Bonchev–Trinajstić information content (AvgIpc) is 2.42. The van der Waals surface area contributed by atoms with Crippen LogP contribution in [0.1, 0.15) is 6.92 Å². The Labute approximate surface area is 118 Å². The zero-order valence-corrected chi connectivity index (χ0v) is 12.1. The molecule has 7 nitrogen and oxygen atoms in total. The van der Waals surface area contributed by atoms with E-state index in [-0.39, 0.29) is 6.61 Å². The van der Waals surface area contributed by atoms with Crippen LogP contribution in [0.25, 0.3) is 0 Å². The fourth-order valence-electron chi connectivity index (χ4n) is 2.12. The second-order valence-electron chi connectivity index (χ2n) is 4.33. The van der Waals surface area contributed by atoms with Crippen molar-refractivity contribution < 1.29 is 33.6 Å². The molecule has 0 unspecified atom stereocenters. The summed E-state index contributed by atoms with van der Waals surface area (Å²) in [5.41, 5.74) is 0. The highest BCUT2D eigenvalue weighted by molar-refractivity contribution is 5.82. The fourth-order valence-corrected chi connectivity index (χ4v) is 2.12. The molecule has 0 spiro atoms. The number of hydrogen-bond donors (Lipinski definition) is 1.